The number of benzene rings is 1. The van der Waals surface area contributed by atoms with Gasteiger partial charge in [0.15, 0.2) is 0 Å². The number of rotatable bonds is 2. The molecule has 0 amide bonds. The Labute approximate surface area is 105 Å². The number of fused-ring (bicyclic) bond motifs is 3. The largest absolute Gasteiger partial charge is 0.460 e. The Balaban J connectivity index is 2.12. The number of ether oxygens (including phenoxy) is 1. The highest BCUT2D eigenvalue weighted by Gasteiger charge is 2.30. The van der Waals surface area contributed by atoms with Crippen molar-refractivity contribution >= 4 is 5.97 Å². The first kappa shape index (κ1) is 11.0. The second kappa shape index (κ2) is 3.98. The van der Waals surface area contributed by atoms with Gasteiger partial charge in [0.05, 0.1) is 24.5 Å². The van der Waals surface area contributed by atoms with Gasteiger partial charge >= 0.3 is 5.97 Å². The number of aromatic nitrogens is 2. The van der Waals surface area contributed by atoms with Gasteiger partial charge in [0.1, 0.15) is 0 Å². The lowest BCUT2D eigenvalue weighted by molar-refractivity contribution is 0.0505. The number of imidazole rings is 1. The standard InChI is InChI=1S/C14H14N2O2/c1-3-18-14(17)13-15-8-12-11-7-5-4-6-10(11)9(2)16(12)13/h4-9H,3H2,1-2H3/t9-/m1/s1. The van der Waals surface area contributed by atoms with Crippen molar-refractivity contribution in [2.45, 2.75) is 19.9 Å². The molecular weight excluding hydrogens is 228 g/mol. The van der Waals surface area contributed by atoms with Gasteiger partial charge in [-0.05, 0) is 19.4 Å². The molecule has 0 radical (unpaired) electrons. The van der Waals surface area contributed by atoms with Crippen LogP contribution in [0.5, 0.6) is 0 Å². The molecule has 0 saturated carbocycles. The predicted molar refractivity (Wildman–Crippen MR) is 67.4 cm³/mol. The first-order valence-corrected chi connectivity index (χ1v) is 6.07. The van der Waals surface area contributed by atoms with E-state index in [1.807, 2.05) is 16.7 Å². The maximum absolute atomic E-state index is 11.9. The number of hydrogen-bond donors (Lipinski definition) is 0. The third kappa shape index (κ3) is 1.38. The third-order valence-corrected chi connectivity index (χ3v) is 3.33. The smallest absolute Gasteiger partial charge is 0.374 e. The van der Waals surface area contributed by atoms with E-state index in [4.69, 9.17) is 4.74 Å². The van der Waals surface area contributed by atoms with E-state index in [0.717, 1.165) is 11.3 Å². The molecule has 1 aromatic carbocycles. The van der Waals surface area contributed by atoms with Gasteiger partial charge in [-0.25, -0.2) is 9.78 Å². The van der Waals surface area contributed by atoms with Gasteiger partial charge in [-0.3, -0.25) is 0 Å². The maximum Gasteiger partial charge on any atom is 0.374 e. The Bertz CT molecular complexity index is 616. The normalized spacial score (nSPS) is 16.2. The molecular formula is C14H14N2O2. The Kier molecular flexibility index (Phi) is 2.44. The SMILES string of the molecule is CCOC(=O)c1ncc2n1[C@H](C)c1ccccc1-2. The molecule has 1 aliphatic rings. The predicted octanol–water partition coefficient (Wildman–Crippen LogP) is 2.65. The van der Waals surface area contributed by atoms with Crippen LogP contribution in [0.25, 0.3) is 11.3 Å². The van der Waals surface area contributed by atoms with E-state index in [9.17, 15) is 4.79 Å². The zero-order valence-electron chi connectivity index (χ0n) is 10.4. The van der Waals surface area contributed by atoms with Gasteiger partial charge in [0, 0.05) is 5.56 Å². The molecule has 3 rings (SSSR count). The third-order valence-electron chi connectivity index (χ3n) is 3.33. The lowest BCUT2D eigenvalue weighted by Gasteiger charge is -2.11. The van der Waals surface area contributed by atoms with E-state index in [-0.39, 0.29) is 12.0 Å². The summed E-state index contributed by atoms with van der Waals surface area (Å²) in [6, 6.07) is 8.28. The number of hydrogen-bond acceptors (Lipinski definition) is 3. The van der Waals surface area contributed by atoms with Crippen LogP contribution in [0.4, 0.5) is 0 Å². The highest BCUT2D eigenvalue weighted by Crippen LogP contribution is 2.39. The Hall–Kier alpha value is -2.10. The summed E-state index contributed by atoms with van der Waals surface area (Å²) in [6.07, 6.45) is 1.74. The van der Waals surface area contributed by atoms with Gasteiger partial charge in [0.2, 0.25) is 5.82 Å². The fourth-order valence-corrected chi connectivity index (χ4v) is 2.53. The molecule has 0 N–H and O–H groups in total. The van der Waals surface area contributed by atoms with Crippen molar-refractivity contribution in [3.8, 4) is 11.3 Å². The number of nitrogens with zero attached hydrogens (tertiary/aromatic N) is 2. The molecule has 0 saturated heterocycles. The van der Waals surface area contributed by atoms with Crippen molar-refractivity contribution in [1.82, 2.24) is 9.55 Å². The molecule has 0 fully saturated rings. The molecule has 1 aliphatic heterocycles. The van der Waals surface area contributed by atoms with E-state index in [2.05, 4.69) is 24.0 Å². The molecule has 4 nitrogen and oxygen atoms in total. The molecule has 2 heterocycles. The zero-order valence-corrected chi connectivity index (χ0v) is 10.4. The van der Waals surface area contributed by atoms with Crippen LogP contribution in [-0.4, -0.2) is 22.1 Å². The van der Waals surface area contributed by atoms with E-state index in [1.165, 1.54) is 5.56 Å². The summed E-state index contributed by atoms with van der Waals surface area (Å²) in [5, 5.41) is 0. The van der Waals surface area contributed by atoms with Crippen LogP contribution in [0.1, 0.15) is 36.1 Å². The van der Waals surface area contributed by atoms with Crippen LogP contribution >= 0.6 is 0 Å². The average Bonchev–Trinajstić information content (AvgIpc) is 2.92. The number of esters is 1. The summed E-state index contributed by atoms with van der Waals surface area (Å²) in [4.78, 5) is 16.1. The van der Waals surface area contributed by atoms with Crippen LogP contribution in [0.15, 0.2) is 30.5 Å². The monoisotopic (exact) mass is 242 g/mol. The van der Waals surface area contributed by atoms with Gasteiger partial charge in [-0.1, -0.05) is 24.3 Å². The molecule has 0 spiro atoms. The average molecular weight is 242 g/mol. The molecule has 1 aromatic heterocycles. The second-order valence-corrected chi connectivity index (χ2v) is 4.32. The van der Waals surface area contributed by atoms with Gasteiger partial charge < -0.3 is 9.30 Å². The van der Waals surface area contributed by atoms with E-state index >= 15 is 0 Å². The molecule has 0 aliphatic carbocycles. The molecule has 0 unspecified atom stereocenters. The Morgan fingerprint density at radius 2 is 2.22 bits per heavy atom. The van der Waals surface area contributed by atoms with Crippen LogP contribution in [0.3, 0.4) is 0 Å². The summed E-state index contributed by atoms with van der Waals surface area (Å²) < 4.78 is 6.98. The summed E-state index contributed by atoms with van der Waals surface area (Å²) in [5.74, 6) is 0.0268. The van der Waals surface area contributed by atoms with Crippen LogP contribution in [0.2, 0.25) is 0 Å². The van der Waals surface area contributed by atoms with Crippen molar-refractivity contribution in [1.29, 1.82) is 0 Å². The Morgan fingerprint density at radius 1 is 1.44 bits per heavy atom. The molecule has 92 valence electrons. The zero-order chi connectivity index (χ0) is 12.7. The number of carbonyl (C=O) groups is 1. The van der Waals surface area contributed by atoms with Crippen molar-refractivity contribution in [3.63, 3.8) is 0 Å². The Morgan fingerprint density at radius 3 is 3.00 bits per heavy atom. The van der Waals surface area contributed by atoms with Crippen molar-refractivity contribution in [2.24, 2.45) is 0 Å². The van der Waals surface area contributed by atoms with E-state index in [0.29, 0.717) is 12.4 Å². The molecule has 0 bridgehead atoms. The molecule has 18 heavy (non-hydrogen) atoms. The summed E-state index contributed by atoms with van der Waals surface area (Å²) >= 11 is 0. The molecule has 2 aromatic rings. The minimum Gasteiger partial charge on any atom is -0.460 e. The first-order valence-electron chi connectivity index (χ1n) is 6.07. The van der Waals surface area contributed by atoms with Gasteiger partial charge in [-0.2, -0.15) is 0 Å². The van der Waals surface area contributed by atoms with Gasteiger partial charge in [-0.15, -0.1) is 0 Å². The van der Waals surface area contributed by atoms with Crippen LogP contribution in [0, 0.1) is 0 Å². The van der Waals surface area contributed by atoms with Crippen molar-refractivity contribution in [3.05, 3.63) is 41.9 Å². The van der Waals surface area contributed by atoms with Crippen LogP contribution < -0.4 is 0 Å². The second-order valence-electron chi connectivity index (χ2n) is 4.32. The first-order chi connectivity index (χ1) is 8.74. The fourth-order valence-electron chi connectivity index (χ4n) is 2.53. The van der Waals surface area contributed by atoms with E-state index < -0.39 is 0 Å². The van der Waals surface area contributed by atoms with Crippen molar-refractivity contribution in [2.75, 3.05) is 6.61 Å². The highest BCUT2D eigenvalue weighted by molar-refractivity contribution is 5.88. The minimum absolute atomic E-state index is 0.123. The van der Waals surface area contributed by atoms with Gasteiger partial charge in [0.25, 0.3) is 0 Å². The summed E-state index contributed by atoms with van der Waals surface area (Å²) in [6.45, 7) is 4.23. The highest BCUT2D eigenvalue weighted by atomic mass is 16.5. The number of carbonyl (C=O) groups excluding carboxylic acids is 1. The molecule has 4 heteroatoms. The lowest BCUT2D eigenvalue weighted by atomic mass is 10.0. The quantitative estimate of drug-likeness (QED) is 0.760. The van der Waals surface area contributed by atoms with Crippen molar-refractivity contribution < 1.29 is 9.53 Å². The summed E-state index contributed by atoms with van der Waals surface area (Å²) in [7, 11) is 0. The van der Waals surface area contributed by atoms with Crippen LogP contribution in [-0.2, 0) is 4.74 Å². The summed E-state index contributed by atoms with van der Waals surface area (Å²) in [5.41, 5.74) is 3.36. The maximum atomic E-state index is 11.9. The van der Waals surface area contributed by atoms with E-state index in [1.54, 1.807) is 13.1 Å². The molecule has 1 atom stereocenters. The minimum atomic E-state index is -0.358. The lowest BCUT2D eigenvalue weighted by Crippen LogP contribution is -2.15. The topological polar surface area (TPSA) is 44.1 Å². The fraction of sp³-hybridized carbons (Fsp3) is 0.286.